The predicted octanol–water partition coefficient (Wildman–Crippen LogP) is 2.50. The summed E-state index contributed by atoms with van der Waals surface area (Å²) < 4.78 is 26.8. The molecule has 0 atom stereocenters. The van der Waals surface area contributed by atoms with Crippen molar-refractivity contribution >= 4 is 12.2 Å². The van der Waals surface area contributed by atoms with Gasteiger partial charge in [0.25, 0.3) is 4.77 Å². The second-order valence-corrected chi connectivity index (χ2v) is 3.72. The monoisotopic (exact) mass is 255 g/mol. The first-order valence-corrected chi connectivity index (χ1v) is 5.02. The lowest BCUT2D eigenvalue weighted by Crippen LogP contribution is -2.07. The molecule has 0 aliphatic rings. The van der Waals surface area contributed by atoms with Gasteiger partial charge in [-0.05, 0) is 31.3 Å². The maximum atomic E-state index is 13.5. The highest BCUT2D eigenvalue weighted by Gasteiger charge is 2.13. The van der Waals surface area contributed by atoms with E-state index in [4.69, 9.17) is 0 Å². The third kappa shape index (κ3) is 2.01. The first kappa shape index (κ1) is 11.6. The van der Waals surface area contributed by atoms with Crippen molar-refractivity contribution in [3.05, 3.63) is 40.3 Å². The topological polar surface area (TPSA) is 50.9 Å². The Hall–Kier alpha value is -1.89. The van der Waals surface area contributed by atoms with Crippen molar-refractivity contribution in [1.29, 1.82) is 0 Å². The molecule has 4 nitrogen and oxygen atoms in total. The van der Waals surface area contributed by atoms with E-state index in [0.29, 0.717) is 4.73 Å². The van der Waals surface area contributed by atoms with E-state index in [9.17, 15) is 14.0 Å². The van der Waals surface area contributed by atoms with Gasteiger partial charge >= 0.3 is 0 Å². The summed E-state index contributed by atoms with van der Waals surface area (Å²) in [4.78, 5) is 0. The van der Waals surface area contributed by atoms with Gasteiger partial charge in [-0.3, -0.25) is 0 Å². The van der Waals surface area contributed by atoms with Crippen molar-refractivity contribution < 1.29 is 14.0 Å². The van der Waals surface area contributed by atoms with Gasteiger partial charge in [-0.1, -0.05) is 0 Å². The van der Waals surface area contributed by atoms with Crippen LogP contribution in [-0.4, -0.2) is 20.1 Å². The average molecular weight is 255 g/mol. The third-order valence-corrected chi connectivity index (χ3v) is 2.52. The molecule has 7 heteroatoms. The van der Waals surface area contributed by atoms with E-state index < -0.39 is 11.6 Å². The molecule has 1 heterocycles. The van der Waals surface area contributed by atoms with Gasteiger partial charge < -0.3 is 5.21 Å². The summed E-state index contributed by atoms with van der Waals surface area (Å²) >= 11 is 4.69. The van der Waals surface area contributed by atoms with Crippen LogP contribution < -0.4 is 0 Å². The molecule has 0 amide bonds. The first-order valence-electron chi connectivity index (χ1n) is 4.61. The van der Waals surface area contributed by atoms with Crippen molar-refractivity contribution in [1.82, 2.24) is 14.9 Å². The Morgan fingerprint density at radius 2 is 2.00 bits per heavy atom. The molecule has 0 aliphatic heterocycles. The van der Waals surface area contributed by atoms with Crippen molar-refractivity contribution in [2.24, 2.45) is 0 Å². The molecule has 0 saturated carbocycles. The Labute approximate surface area is 100 Å². The van der Waals surface area contributed by atoms with Crippen LogP contribution in [0.5, 0.6) is 0 Å². The normalized spacial score (nSPS) is 10.5. The number of nitrogens with zero attached hydrogens (tertiary/aromatic N) is 3. The third-order valence-electron chi connectivity index (χ3n) is 2.26. The highest BCUT2D eigenvalue weighted by atomic mass is 32.1. The van der Waals surface area contributed by atoms with E-state index >= 15 is 0 Å². The second-order valence-electron chi connectivity index (χ2n) is 3.35. The van der Waals surface area contributed by atoms with E-state index in [1.54, 1.807) is 0 Å². The van der Waals surface area contributed by atoms with Gasteiger partial charge in [0, 0.05) is 11.6 Å². The van der Waals surface area contributed by atoms with Gasteiger partial charge in [-0.15, -0.1) is 10.2 Å². The lowest BCUT2D eigenvalue weighted by molar-refractivity contribution is 0.168. The molecule has 2 aromatic rings. The van der Waals surface area contributed by atoms with Crippen LogP contribution in [-0.2, 0) is 0 Å². The van der Waals surface area contributed by atoms with Crippen molar-refractivity contribution in [3.8, 4) is 11.3 Å². The number of hydrogen-bond donors (Lipinski definition) is 1. The molecule has 2 rings (SSSR count). The minimum absolute atomic E-state index is 0.0502. The van der Waals surface area contributed by atoms with Gasteiger partial charge in [0.15, 0.2) is 0 Å². The zero-order valence-electron chi connectivity index (χ0n) is 8.69. The molecular formula is C10H7F2N3OS. The Kier molecular flexibility index (Phi) is 2.84. The van der Waals surface area contributed by atoms with Crippen LogP contribution in [0.25, 0.3) is 11.3 Å². The minimum atomic E-state index is -0.778. The average Bonchev–Trinajstić information content (AvgIpc) is 2.28. The van der Waals surface area contributed by atoms with Crippen LogP contribution in [0.2, 0.25) is 0 Å². The lowest BCUT2D eigenvalue weighted by Gasteiger charge is -2.08. The molecular weight excluding hydrogens is 248 g/mol. The maximum Gasteiger partial charge on any atom is 0.253 e. The molecule has 0 unspecified atom stereocenters. The molecule has 0 bridgehead atoms. The van der Waals surface area contributed by atoms with Crippen LogP contribution in [0, 0.1) is 23.3 Å². The largest absolute Gasteiger partial charge is 0.426 e. The van der Waals surface area contributed by atoms with Crippen LogP contribution in [0.15, 0.2) is 18.2 Å². The Bertz CT molecular complexity index is 642. The highest BCUT2D eigenvalue weighted by Crippen LogP contribution is 2.23. The Balaban J connectivity index is 2.69. The van der Waals surface area contributed by atoms with E-state index in [0.717, 1.165) is 12.1 Å². The van der Waals surface area contributed by atoms with Crippen molar-refractivity contribution in [3.63, 3.8) is 0 Å². The summed E-state index contributed by atoms with van der Waals surface area (Å²) in [5.41, 5.74) is 0.392. The molecule has 1 aromatic heterocycles. The fourth-order valence-corrected chi connectivity index (χ4v) is 1.56. The SMILES string of the molecule is Cc1c(-c2ccc(F)cc2F)nnc(=S)n1O. The van der Waals surface area contributed by atoms with Crippen LogP contribution in [0.3, 0.4) is 0 Å². The number of hydrogen-bond acceptors (Lipinski definition) is 4. The van der Waals surface area contributed by atoms with Gasteiger partial charge in [0.1, 0.15) is 17.3 Å². The van der Waals surface area contributed by atoms with E-state index in [1.807, 2.05) is 0 Å². The van der Waals surface area contributed by atoms with E-state index in [1.165, 1.54) is 13.0 Å². The quantitative estimate of drug-likeness (QED) is 0.628. The summed E-state index contributed by atoms with van der Waals surface area (Å²) in [5.74, 6) is -1.46. The van der Waals surface area contributed by atoms with Crippen molar-refractivity contribution in [2.75, 3.05) is 0 Å². The molecule has 88 valence electrons. The van der Waals surface area contributed by atoms with Gasteiger partial charge in [-0.2, -0.15) is 4.73 Å². The fraction of sp³-hybridized carbons (Fsp3) is 0.100. The van der Waals surface area contributed by atoms with Gasteiger partial charge in [-0.25, -0.2) is 8.78 Å². The van der Waals surface area contributed by atoms with Crippen molar-refractivity contribution in [2.45, 2.75) is 6.92 Å². The summed E-state index contributed by atoms with van der Waals surface area (Å²) in [6.45, 7) is 1.50. The Morgan fingerprint density at radius 1 is 1.29 bits per heavy atom. The molecule has 17 heavy (non-hydrogen) atoms. The van der Waals surface area contributed by atoms with Gasteiger partial charge in [0.2, 0.25) is 0 Å². The molecule has 0 saturated heterocycles. The molecule has 0 aliphatic carbocycles. The molecule has 0 spiro atoms. The smallest absolute Gasteiger partial charge is 0.253 e. The summed E-state index contributed by atoms with van der Waals surface area (Å²) in [7, 11) is 0. The number of benzene rings is 1. The molecule has 0 fully saturated rings. The number of halogens is 2. The van der Waals surface area contributed by atoms with Crippen LogP contribution in [0.4, 0.5) is 8.78 Å². The van der Waals surface area contributed by atoms with Crippen LogP contribution in [0.1, 0.15) is 5.69 Å². The zero-order chi connectivity index (χ0) is 12.6. The summed E-state index contributed by atoms with van der Waals surface area (Å²) in [5, 5.41) is 16.7. The summed E-state index contributed by atoms with van der Waals surface area (Å²) in [6.07, 6.45) is 0. The second kappa shape index (κ2) is 4.17. The summed E-state index contributed by atoms with van der Waals surface area (Å²) in [6, 6.07) is 3.06. The molecule has 1 aromatic carbocycles. The number of aromatic nitrogens is 3. The standard InChI is InChI=1S/C10H7F2N3OS/c1-5-9(13-14-10(17)15(5)16)7-3-2-6(11)4-8(7)12/h2-4,16H,1H3. The minimum Gasteiger partial charge on any atom is -0.426 e. The van der Waals surface area contributed by atoms with Crippen LogP contribution >= 0.6 is 12.2 Å². The van der Waals surface area contributed by atoms with Gasteiger partial charge in [0.05, 0.1) is 5.69 Å². The number of rotatable bonds is 1. The maximum absolute atomic E-state index is 13.5. The lowest BCUT2D eigenvalue weighted by atomic mass is 10.1. The van der Waals surface area contributed by atoms with E-state index in [-0.39, 0.29) is 21.7 Å². The molecule has 0 radical (unpaired) electrons. The zero-order valence-corrected chi connectivity index (χ0v) is 9.50. The Morgan fingerprint density at radius 3 is 2.65 bits per heavy atom. The molecule has 1 N–H and O–H groups in total. The predicted molar refractivity (Wildman–Crippen MR) is 58.1 cm³/mol. The highest BCUT2D eigenvalue weighted by molar-refractivity contribution is 7.71. The van der Waals surface area contributed by atoms with E-state index in [2.05, 4.69) is 22.4 Å². The fourth-order valence-electron chi connectivity index (χ4n) is 1.38. The first-order chi connectivity index (χ1) is 8.00.